The Morgan fingerprint density at radius 1 is 1.29 bits per heavy atom. The maximum Gasteiger partial charge on any atom is 0.315 e. The van der Waals surface area contributed by atoms with Crippen LogP contribution in [0.5, 0.6) is 11.5 Å². The second-order valence-corrected chi connectivity index (χ2v) is 4.94. The fraction of sp³-hybridized carbons (Fsp3) is 0.375. The summed E-state index contributed by atoms with van der Waals surface area (Å²) in [6, 6.07) is 3.58. The predicted molar refractivity (Wildman–Crippen MR) is 79.4 cm³/mol. The number of aromatic hydroxyl groups is 1. The van der Waals surface area contributed by atoms with E-state index in [4.69, 9.17) is 18.6 Å². The van der Waals surface area contributed by atoms with Gasteiger partial charge in [0.2, 0.25) is 0 Å². The van der Waals surface area contributed by atoms with Crippen molar-refractivity contribution in [2.75, 3.05) is 14.2 Å². The van der Waals surface area contributed by atoms with E-state index in [1.165, 1.54) is 26.1 Å². The molecule has 0 aliphatic carbocycles. The molecule has 0 bridgehead atoms. The summed E-state index contributed by atoms with van der Waals surface area (Å²) >= 11 is 0. The van der Waals surface area contributed by atoms with Gasteiger partial charge in [-0.05, 0) is 31.9 Å². The molecule has 0 atom stereocenters. The Labute approximate surface area is 123 Å². The van der Waals surface area contributed by atoms with Crippen molar-refractivity contribution in [3.05, 3.63) is 35.6 Å². The van der Waals surface area contributed by atoms with Gasteiger partial charge < -0.3 is 23.7 Å². The number of rotatable bonds is 6. The molecule has 0 spiro atoms. The van der Waals surface area contributed by atoms with E-state index >= 15 is 0 Å². The molecule has 2 rings (SSSR count). The van der Waals surface area contributed by atoms with E-state index in [1.54, 1.807) is 6.07 Å². The van der Waals surface area contributed by atoms with Gasteiger partial charge >= 0.3 is 6.48 Å². The molecule has 1 heterocycles. The Hall–Kier alpha value is -1.98. The van der Waals surface area contributed by atoms with Gasteiger partial charge in [0.25, 0.3) is 0 Å². The average molecular weight is 292 g/mol. The Morgan fingerprint density at radius 2 is 2.00 bits per heavy atom. The van der Waals surface area contributed by atoms with Gasteiger partial charge in [-0.2, -0.15) is 0 Å². The molecular formula is C16H20O5. The summed E-state index contributed by atoms with van der Waals surface area (Å²) in [6.07, 6.45) is 4.07. The number of benzene rings is 1. The number of ether oxygens (including phenoxy) is 3. The Morgan fingerprint density at radius 3 is 2.62 bits per heavy atom. The van der Waals surface area contributed by atoms with Crippen molar-refractivity contribution in [3.8, 4) is 11.5 Å². The van der Waals surface area contributed by atoms with E-state index in [-0.39, 0.29) is 5.75 Å². The van der Waals surface area contributed by atoms with Gasteiger partial charge in [-0.1, -0.05) is 11.6 Å². The van der Waals surface area contributed by atoms with Crippen LogP contribution in [0.3, 0.4) is 0 Å². The van der Waals surface area contributed by atoms with E-state index < -0.39 is 6.48 Å². The van der Waals surface area contributed by atoms with E-state index in [0.29, 0.717) is 23.1 Å². The molecule has 1 N–H and O–H groups in total. The number of allylic oxidation sites excluding steroid dienone is 2. The second kappa shape index (κ2) is 6.65. The van der Waals surface area contributed by atoms with E-state index in [2.05, 4.69) is 6.08 Å². The minimum absolute atomic E-state index is 0.116. The largest absolute Gasteiger partial charge is 0.504 e. The first-order valence-corrected chi connectivity index (χ1v) is 6.64. The summed E-state index contributed by atoms with van der Waals surface area (Å²) in [5.74, 6) is 0.716. The standard InChI is InChI=1S/C16H20O5/c1-10(2)5-6-11-7-12-13(17)9-20-15(12)8-14(11)21-16(18-3)19-4/h5,7-9,16-17H,6H2,1-4H3. The molecule has 0 amide bonds. The van der Waals surface area contributed by atoms with Crippen molar-refractivity contribution in [1.82, 2.24) is 0 Å². The van der Waals surface area contributed by atoms with Crippen LogP contribution in [-0.4, -0.2) is 25.8 Å². The van der Waals surface area contributed by atoms with Gasteiger partial charge in [0.15, 0.2) is 5.75 Å². The molecule has 1 aromatic carbocycles. The fourth-order valence-electron chi connectivity index (χ4n) is 1.97. The Balaban J connectivity index is 2.43. The van der Waals surface area contributed by atoms with Crippen LogP contribution in [0.25, 0.3) is 11.0 Å². The van der Waals surface area contributed by atoms with Gasteiger partial charge in [0.05, 0.1) is 5.39 Å². The molecule has 2 aromatic rings. The predicted octanol–water partition coefficient (Wildman–Crippen LogP) is 3.60. The highest BCUT2D eigenvalue weighted by Gasteiger charge is 2.15. The molecule has 5 heteroatoms. The Bertz CT molecular complexity index is 633. The van der Waals surface area contributed by atoms with Crippen molar-refractivity contribution in [2.24, 2.45) is 0 Å². The lowest BCUT2D eigenvalue weighted by molar-refractivity contribution is -0.219. The number of fused-ring (bicyclic) bond motifs is 1. The Kier molecular flexibility index (Phi) is 4.88. The van der Waals surface area contributed by atoms with Crippen LogP contribution in [0, 0.1) is 0 Å². The molecule has 0 radical (unpaired) electrons. The zero-order chi connectivity index (χ0) is 15.4. The molecule has 5 nitrogen and oxygen atoms in total. The molecule has 0 saturated heterocycles. The van der Waals surface area contributed by atoms with Crippen LogP contribution in [0.15, 0.2) is 34.5 Å². The summed E-state index contributed by atoms with van der Waals surface area (Å²) in [4.78, 5) is 0. The molecule has 0 saturated carbocycles. The van der Waals surface area contributed by atoms with Gasteiger partial charge in [0.1, 0.15) is 17.6 Å². The lowest BCUT2D eigenvalue weighted by atomic mass is 10.1. The molecule has 21 heavy (non-hydrogen) atoms. The molecular weight excluding hydrogens is 272 g/mol. The average Bonchev–Trinajstić information content (AvgIpc) is 2.82. The van der Waals surface area contributed by atoms with Crippen molar-refractivity contribution < 1.29 is 23.7 Å². The molecule has 1 aromatic heterocycles. The van der Waals surface area contributed by atoms with Crippen LogP contribution < -0.4 is 4.74 Å². The van der Waals surface area contributed by atoms with E-state index in [9.17, 15) is 5.11 Å². The number of hydrogen-bond donors (Lipinski definition) is 1. The summed E-state index contributed by atoms with van der Waals surface area (Å²) in [6.45, 7) is 3.26. The summed E-state index contributed by atoms with van der Waals surface area (Å²) in [5, 5.41) is 10.4. The second-order valence-electron chi connectivity index (χ2n) is 4.94. The minimum Gasteiger partial charge on any atom is -0.504 e. The summed E-state index contributed by atoms with van der Waals surface area (Å²) < 4.78 is 21.1. The zero-order valence-corrected chi connectivity index (χ0v) is 12.7. The van der Waals surface area contributed by atoms with Crippen LogP contribution in [0.1, 0.15) is 19.4 Å². The zero-order valence-electron chi connectivity index (χ0n) is 12.7. The molecule has 0 fully saturated rings. The van der Waals surface area contributed by atoms with Gasteiger partial charge in [-0.3, -0.25) is 0 Å². The first-order chi connectivity index (χ1) is 10.0. The molecule has 114 valence electrons. The van der Waals surface area contributed by atoms with Crippen LogP contribution in [-0.2, 0) is 15.9 Å². The monoisotopic (exact) mass is 292 g/mol. The first kappa shape index (κ1) is 15.4. The van der Waals surface area contributed by atoms with E-state index in [0.717, 1.165) is 5.56 Å². The third-order valence-electron chi connectivity index (χ3n) is 3.07. The maximum absolute atomic E-state index is 9.78. The third-order valence-corrected chi connectivity index (χ3v) is 3.07. The normalized spacial score (nSPS) is 11.1. The van der Waals surface area contributed by atoms with Crippen LogP contribution in [0.2, 0.25) is 0 Å². The van der Waals surface area contributed by atoms with Gasteiger partial charge in [-0.15, -0.1) is 0 Å². The lowest BCUT2D eigenvalue weighted by Crippen LogP contribution is -2.21. The summed E-state index contributed by atoms with van der Waals surface area (Å²) in [7, 11) is 3.00. The topological polar surface area (TPSA) is 61.1 Å². The third kappa shape index (κ3) is 3.56. The maximum atomic E-state index is 9.78. The van der Waals surface area contributed by atoms with Crippen molar-refractivity contribution in [2.45, 2.75) is 26.7 Å². The van der Waals surface area contributed by atoms with Crippen LogP contribution in [0.4, 0.5) is 0 Å². The van der Waals surface area contributed by atoms with Gasteiger partial charge in [0, 0.05) is 20.3 Å². The van der Waals surface area contributed by atoms with Crippen molar-refractivity contribution in [3.63, 3.8) is 0 Å². The fourth-order valence-corrected chi connectivity index (χ4v) is 1.97. The molecule has 0 aliphatic rings. The highest BCUT2D eigenvalue weighted by atomic mass is 16.8. The number of hydrogen-bond acceptors (Lipinski definition) is 5. The molecule has 0 aliphatic heterocycles. The molecule has 0 unspecified atom stereocenters. The minimum atomic E-state index is -0.795. The smallest absolute Gasteiger partial charge is 0.315 e. The first-order valence-electron chi connectivity index (χ1n) is 6.64. The van der Waals surface area contributed by atoms with Crippen molar-refractivity contribution >= 4 is 11.0 Å². The number of methoxy groups -OCH3 is 2. The summed E-state index contributed by atoms with van der Waals surface area (Å²) in [5.41, 5.74) is 2.67. The highest BCUT2D eigenvalue weighted by molar-refractivity contribution is 5.86. The van der Waals surface area contributed by atoms with E-state index in [1.807, 2.05) is 19.9 Å². The van der Waals surface area contributed by atoms with Gasteiger partial charge in [-0.25, -0.2) is 0 Å². The SMILES string of the molecule is COC(OC)Oc1cc2occ(O)c2cc1CC=C(C)C. The quantitative estimate of drug-likeness (QED) is 0.651. The number of furan rings is 1. The van der Waals surface area contributed by atoms with Crippen LogP contribution >= 0.6 is 0 Å². The highest BCUT2D eigenvalue weighted by Crippen LogP contribution is 2.34. The van der Waals surface area contributed by atoms with Crippen molar-refractivity contribution in [1.29, 1.82) is 0 Å². The lowest BCUT2D eigenvalue weighted by Gasteiger charge is -2.17.